The minimum Gasteiger partial charge on any atom is -0.453 e. The number of alkyl carbamates (subject to hydrolysis) is 2. The van der Waals surface area contributed by atoms with E-state index >= 15 is 0 Å². The minimum absolute atomic E-state index is 0.0280. The van der Waals surface area contributed by atoms with Crippen LogP contribution in [0.4, 0.5) is 9.59 Å². The van der Waals surface area contributed by atoms with Crippen LogP contribution >= 0.6 is 0 Å². The zero-order valence-electron chi connectivity index (χ0n) is 35.6. The molecule has 2 aliphatic heterocycles. The molecule has 4 N–H and O–H groups in total. The van der Waals surface area contributed by atoms with Gasteiger partial charge in [-0.2, -0.15) is 0 Å². The number of rotatable bonds is 11. The van der Waals surface area contributed by atoms with E-state index in [2.05, 4.69) is 81.3 Å². The average molecular weight is 839 g/mol. The molecule has 0 unspecified atom stereocenters. The molecule has 6 atom stereocenters. The zero-order chi connectivity index (χ0) is 42.9. The van der Waals surface area contributed by atoms with Crippen LogP contribution in [0.5, 0.6) is 0 Å². The van der Waals surface area contributed by atoms with Gasteiger partial charge < -0.3 is 39.9 Å². The molecule has 62 heavy (non-hydrogen) atoms. The highest BCUT2D eigenvalue weighted by Gasteiger charge is 2.56. The summed E-state index contributed by atoms with van der Waals surface area (Å²) < 4.78 is 9.68. The van der Waals surface area contributed by atoms with Crippen LogP contribution in [0.2, 0.25) is 0 Å². The number of carbonyl (C=O) groups is 4. The molecule has 14 heteroatoms. The molecule has 2 saturated heterocycles. The normalized spacial score (nSPS) is 23.2. The topological polar surface area (TPSA) is 175 Å². The van der Waals surface area contributed by atoms with Crippen molar-refractivity contribution in [2.45, 2.75) is 95.4 Å². The van der Waals surface area contributed by atoms with Crippen LogP contribution in [0, 0.1) is 23.2 Å². The first-order valence-corrected chi connectivity index (χ1v) is 22.1. The van der Waals surface area contributed by atoms with Crippen LogP contribution < -0.4 is 10.6 Å². The molecule has 4 amide bonds. The van der Waals surface area contributed by atoms with Crippen LogP contribution in [-0.4, -0.2) is 92.6 Å². The maximum Gasteiger partial charge on any atom is 0.407 e. The van der Waals surface area contributed by atoms with Gasteiger partial charge >= 0.3 is 12.2 Å². The van der Waals surface area contributed by atoms with E-state index in [1.54, 1.807) is 0 Å². The highest BCUT2D eigenvalue weighted by atomic mass is 16.5. The molecule has 2 aromatic heterocycles. The molecule has 14 nitrogen and oxygen atoms in total. The third-order valence-electron chi connectivity index (χ3n) is 14.3. The zero-order valence-corrected chi connectivity index (χ0v) is 35.6. The molecular formula is C48H54N8O6. The molecule has 5 aromatic rings. The lowest BCUT2D eigenvalue weighted by Crippen LogP contribution is -2.52. The number of benzene rings is 3. The second-order valence-electron chi connectivity index (χ2n) is 18.6. The van der Waals surface area contributed by atoms with E-state index in [1.807, 2.05) is 36.0 Å². The fourth-order valence-corrected chi connectivity index (χ4v) is 10.5. The molecule has 4 heterocycles. The molecule has 2 bridgehead atoms. The Morgan fingerprint density at radius 2 is 1.35 bits per heavy atom. The van der Waals surface area contributed by atoms with Crippen molar-refractivity contribution in [1.82, 2.24) is 40.4 Å². The van der Waals surface area contributed by atoms with Crippen molar-refractivity contribution >= 4 is 34.8 Å². The fraction of sp³-hybridized carbons (Fsp3) is 0.458. The Morgan fingerprint density at radius 1 is 0.742 bits per heavy atom. The van der Waals surface area contributed by atoms with Crippen molar-refractivity contribution in [3.05, 3.63) is 84.7 Å². The Balaban J connectivity index is 0.832. The van der Waals surface area contributed by atoms with Crippen LogP contribution in [-0.2, 0) is 19.1 Å². The summed E-state index contributed by atoms with van der Waals surface area (Å²) in [5.41, 5.74) is 6.13. The Labute approximate surface area is 360 Å². The van der Waals surface area contributed by atoms with Gasteiger partial charge in [0.1, 0.15) is 23.7 Å². The van der Waals surface area contributed by atoms with Gasteiger partial charge in [-0.1, -0.05) is 62.4 Å². The number of piperidine rings is 1. The lowest BCUT2D eigenvalue weighted by Gasteiger charge is -2.36. The van der Waals surface area contributed by atoms with Crippen LogP contribution in [0.25, 0.3) is 44.4 Å². The van der Waals surface area contributed by atoms with Gasteiger partial charge in [0.05, 0.1) is 50.1 Å². The number of imidazole rings is 2. The summed E-state index contributed by atoms with van der Waals surface area (Å²) in [7, 11) is 2.64. The maximum absolute atomic E-state index is 14.0. The molecule has 3 aliphatic carbocycles. The van der Waals surface area contributed by atoms with Gasteiger partial charge in [-0.3, -0.25) is 9.59 Å². The van der Waals surface area contributed by atoms with E-state index in [1.165, 1.54) is 14.2 Å². The van der Waals surface area contributed by atoms with Crippen molar-refractivity contribution in [2.75, 3.05) is 20.8 Å². The second kappa shape index (κ2) is 15.6. The molecule has 0 radical (unpaired) electrons. The molecule has 322 valence electrons. The quantitative estimate of drug-likeness (QED) is 0.104. The number of hydrogen-bond donors (Lipinski definition) is 4. The summed E-state index contributed by atoms with van der Waals surface area (Å²) in [6.07, 6.45) is 10.4. The highest BCUT2D eigenvalue weighted by molar-refractivity contribution is 5.91. The first kappa shape index (κ1) is 39.9. The van der Waals surface area contributed by atoms with E-state index in [0.717, 1.165) is 107 Å². The molecule has 10 rings (SSSR count). The second-order valence-corrected chi connectivity index (χ2v) is 18.6. The van der Waals surface area contributed by atoms with Gasteiger partial charge in [-0.05, 0) is 114 Å². The maximum atomic E-state index is 14.0. The first-order valence-electron chi connectivity index (χ1n) is 22.1. The van der Waals surface area contributed by atoms with E-state index in [0.29, 0.717) is 12.5 Å². The SMILES string of the molecule is COC(=O)N[C@H](C(=O)N1CC2(CC2)C[C@H]1c1ncc(-c2ccc(-c3ccc4cc(-c5cnc([C@@H]6[C@@H]7CC[C@H](C7)N6C(=O)[C@@H](NC(=O)OC)C6CC6)[nH]5)ccc4c3)cc2)[nH]1)C(C)C. The predicted molar refractivity (Wildman–Crippen MR) is 232 cm³/mol. The summed E-state index contributed by atoms with van der Waals surface area (Å²) in [6, 6.07) is 19.9. The number of carbonyl (C=O) groups excluding carboxylic acids is 4. The third-order valence-corrected chi connectivity index (χ3v) is 14.3. The van der Waals surface area contributed by atoms with Crippen molar-refractivity contribution in [2.24, 2.45) is 23.2 Å². The van der Waals surface area contributed by atoms with Crippen LogP contribution in [0.1, 0.15) is 88.9 Å². The summed E-state index contributed by atoms with van der Waals surface area (Å²) in [5, 5.41) is 7.81. The number of methoxy groups -OCH3 is 2. The van der Waals surface area contributed by atoms with E-state index in [9.17, 15) is 19.2 Å². The minimum atomic E-state index is -0.684. The molecule has 5 fully saturated rings. The number of hydrogen-bond acceptors (Lipinski definition) is 8. The number of amides is 4. The van der Waals surface area contributed by atoms with Crippen LogP contribution in [0.3, 0.4) is 0 Å². The number of nitrogens with zero attached hydrogens (tertiary/aromatic N) is 4. The third kappa shape index (κ3) is 7.36. The summed E-state index contributed by atoms with van der Waals surface area (Å²) >= 11 is 0. The highest BCUT2D eigenvalue weighted by Crippen LogP contribution is 2.58. The van der Waals surface area contributed by atoms with E-state index in [4.69, 9.17) is 19.4 Å². The number of nitrogens with one attached hydrogen (secondary N) is 4. The smallest absolute Gasteiger partial charge is 0.407 e. The van der Waals surface area contributed by atoms with Crippen molar-refractivity contribution in [3.63, 3.8) is 0 Å². The van der Waals surface area contributed by atoms with Crippen molar-refractivity contribution < 1.29 is 28.7 Å². The number of fused-ring (bicyclic) bond motifs is 3. The number of H-pyrrole nitrogens is 2. The monoisotopic (exact) mass is 838 g/mol. The van der Waals surface area contributed by atoms with E-state index in [-0.39, 0.29) is 47.2 Å². The standard InChI is InChI=1S/C48H54N8O6/c1-26(2)39(53-46(59)61-3)44(57)55-25-48(17-18-48)22-38(55)42-49-23-36(51-42)28-7-5-27(6-8-28)30-11-12-32-20-33(14-13-31(32)19-30)37-24-50-43(52-37)41-34-15-16-35(21-34)56(41)45(58)40(29-9-10-29)54-47(60)62-4/h5-8,11-14,19-20,23-24,26,29,34-35,38-41H,9-10,15-18,21-22,25H2,1-4H3,(H,49,51)(H,50,52)(H,53,59)(H,54,60)/t34-,35-,38+,39+,40+,41+/m1/s1. The Bertz CT molecular complexity index is 2540. The van der Waals surface area contributed by atoms with Crippen molar-refractivity contribution in [3.8, 4) is 33.6 Å². The van der Waals surface area contributed by atoms with Gasteiger partial charge in [-0.25, -0.2) is 19.6 Å². The van der Waals surface area contributed by atoms with Gasteiger partial charge in [-0.15, -0.1) is 0 Å². The first-order chi connectivity index (χ1) is 30.0. The molecule has 3 saturated carbocycles. The van der Waals surface area contributed by atoms with Crippen molar-refractivity contribution in [1.29, 1.82) is 0 Å². The molecule has 3 aromatic carbocycles. The number of aromatic amines is 2. The molecule has 5 aliphatic rings. The fourth-order valence-electron chi connectivity index (χ4n) is 10.5. The van der Waals surface area contributed by atoms with Crippen LogP contribution in [0.15, 0.2) is 73.1 Å². The summed E-state index contributed by atoms with van der Waals surface area (Å²) in [6.45, 7) is 4.52. The number of aromatic nitrogens is 4. The van der Waals surface area contributed by atoms with Gasteiger partial charge in [0.25, 0.3) is 0 Å². The van der Waals surface area contributed by atoms with Gasteiger partial charge in [0.15, 0.2) is 0 Å². The number of ether oxygens (including phenoxy) is 2. The number of likely N-dealkylation sites (tertiary alicyclic amines) is 2. The largest absolute Gasteiger partial charge is 0.453 e. The molecular weight excluding hydrogens is 785 g/mol. The average Bonchev–Trinajstić information content (AvgIpc) is 3.84. The Kier molecular flexibility index (Phi) is 10.1. The Morgan fingerprint density at radius 3 is 2.03 bits per heavy atom. The van der Waals surface area contributed by atoms with E-state index < -0.39 is 24.3 Å². The Hall–Kier alpha value is -6.18. The lowest BCUT2D eigenvalue weighted by atomic mass is 9.96. The lowest BCUT2D eigenvalue weighted by molar-refractivity contribution is -0.138. The van der Waals surface area contributed by atoms with Gasteiger partial charge in [0, 0.05) is 18.2 Å². The summed E-state index contributed by atoms with van der Waals surface area (Å²) in [5.74, 6) is 1.80. The predicted octanol–water partition coefficient (Wildman–Crippen LogP) is 7.91. The molecule has 1 spiro atoms. The summed E-state index contributed by atoms with van der Waals surface area (Å²) in [4.78, 5) is 72.9. The van der Waals surface area contributed by atoms with Gasteiger partial charge in [0.2, 0.25) is 11.8 Å².